The predicted octanol–water partition coefficient (Wildman–Crippen LogP) is 4.27. The van der Waals surface area contributed by atoms with E-state index in [-0.39, 0.29) is 17.9 Å². The van der Waals surface area contributed by atoms with E-state index in [0.29, 0.717) is 56.6 Å². The highest BCUT2D eigenvalue weighted by atomic mass is 32.2. The van der Waals surface area contributed by atoms with E-state index in [1.54, 1.807) is 25.3 Å². The molecule has 39 heavy (non-hydrogen) atoms. The van der Waals surface area contributed by atoms with Gasteiger partial charge >= 0.3 is 8.03 Å². The van der Waals surface area contributed by atoms with Gasteiger partial charge in [-0.1, -0.05) is 6.07 Å². The second kappa shape index (κ2) is 12.4. The lowest BCUT2D eigenvalue weighted by Gasteiger charge is -2.37. The van der Waals surface area contributed by atoms with Gasteiger partial charge in [-0.25, -0.2) is 13.4 Å². The summed E-state index contributed by atoms with van der Waals surface area (Å²) in [6.45, 7) is 8.74. The molecule has 2 N–H and O–H groups in total. The summed E-state index contributed by atoms with van der Waals surface area (Å²) in [5.74, 6) is 0.589. The summed E-state index contributed by atoms with van der Waals surface area (Å²) in [7, 11) is -5.25. The number of hydrogen-bond donors (Lipinski definition) is 2. The van der Waals surface area contributed by atoms with E-state index < -0.39 is 18.1 Å². The Morgan fingerprint density at radius 2 is 1.95 bits per heavy atom. The van der Waals surface area contributed by atoms with Gasteiger partial charge < -0.3 is 15.1 Å². The Balaban J connectivity index is 1.52. The minimum atomic E-state index is -3.44. The number of rotatable bonds is 11. The van der Waals surface area contributed by atoms with Crippen LogP contribution in [-0.4, -0.2) is 75.5 Å². The summed E-state index contributed by atoms with van der Waals surface area (Å²) in [6, 6.07) is 9.49. The molecule has 10 nitrogen and oxygen atoms in total. The van der Waals surface area contributed by atoms with Crippen LogP contribution >= 0.6 is 8.03 Å². The van der Waals surface area contributed by atoms with Gasteiger partial charge in [0, 0.05) is 62.0 Å². The number of pyridine rings is 1. The van der Waals surface area contributed by atoms with Gasteiger partial charge in [-0.15, -0.1) is 4.52 Å². The van der Waals surface area contributed by atoms with E-state index in [0.717, 1.165) is 28.9 Å². The number of piperazine rings is 1. The molecule has 2 heterocycles. The lowest BCUT2D eigenvalue weighted by atomic mass is 9.92. The van der Waals surface area contributed by atoms with Crippen LogP contribution in [0.4, 0.5) is 17.2 Å². The maximum Gasteiger partial charge on any atom is 0.508 e. The van der Waals surface area contributed by atoms with Crippen molar-refractivity contribution in [3.63, 3.8) is 0 Å². The van der Waals surface area contributed by atoms with Crippen molar-refractivity contribution in [2.45, 2.75) is 39.2 Å². The molecular formula is C27H37N5O5PS+. The molecule has 1 aromatic carbocycles. The van der Waals surface area contributed by atoms with Gasteiger partial charge in [-0.2, -0.15) is 0 Å². The highest BCUT2D eigenvalue weighted by Crippen LogP contribution is 2.43. The van der Waals surface area contributed by atoms with Gasteiger partial charge in [0.15, 0.2) is 12.0 Å². The Kier molecular flexibility index (Phi) is 9.25. The van der Waals surface area contributed by atoms with E-state index in [1.807, 2.05) is 29.2 Å². The third kappa shape index (κ3) is 7.35. The molecular weight excluding hydrogens is 537 g/mol. The highest BCUT2D eigenvalue weighted by Gasteiger charge is 2.35. The summed E-state index contributed by atoms with van der Waals surface area (Å²) in [6.07, 6.45) is 5.56. The number of hydrogen-bond acceptors (Lipinski definition) is 8. The largest absolute Gasteiger partial charge is 0.508 e. The maximum atomic E-state index is 13.8. The summed E-state index contributed by atoms with van der Waals surface area (Å²) in [5, 5.41) is 3.45. The summed E-state index contributed by atoms with van der Waals surface area (Å²) >= 11 is 0. The fourth-order valence-electron chi connectivity index (χ4n) is 5.07. The van der Waals surface area contributed by atoms with E-state index in [9.17, 15) is 17.8 Å². The molecule has 4 rings (SSSR count). The Hall–Kier alpha value is -3.01. The molecule has 1 aliphatic carbocycles. The number of carbonyl (C=O) groups excluding carboxylic acids is 1. The number of carbonyl (C=O) groups is 1. The smallest absolute Gasteiger partial charge is 0.380 e. The predicted molar refractivity (Wildman–Crippen MR) is 156 cm³/mol. The van der Waals surface area contributed by atoms with Gasteiger partial charge in [-0.3, -0.25) is 9.52 Å². The fourth-order valence-corrected chi connectivity index (χ4v) is 6.51. The molecule has 1 aromatic heterocycles. The van der Waals surface area contributed by atoms with Crippen molar-refractivity contribution in [3.05, 3.63) is 53.2 Å². The molecule has 210 valence electrons. The van der Waals surface area contributed by atoms with Gasteiger partial charge in [0.1, 0.15) is 0 Å². The molecule has 0 bridgehead atoms. The molecule has 2 unspecified atom stereocenters. The molecule has 1 saturated heterocycles. The number of amides is 1. The first kappa shape index (κ1) is 29.0. The molecule has 0 saturated carbocycles. The Labute approximate surface area is 231 Å². The van der Waals surface area contributed by atoms with Crippen LogP contribution in [0.1, 0.15) is 44.2 Å². The monoisotopic (exact) mass is 574 g/mol. The Morgan fingerprint density at radius 1 is 1.21 bits per heavy atom. The number of sulfonamides is 1. The third-order valence-electron chi connectivity index (χ3n) is 6.67. The van der Waals surface area contributed by atoms with E-state index in [1.165, 1.54) is 0 Å². The SMILES string of the molecule is CCO[P+](=O)CCC1C(C(=O)N2CCN(c3ncccc3NC(C)C)CC2)=Cc2cc(NS(C)(=O)=O)ccc21. The fraction of sp³-hybridized carbons (Fsp3) is 0.481. The van der Waals surface area contributed by atoms with Crippen LogP contribution in [0.15, 0.2) is 42.1 Å². The van der Waals surface area contributed by atoms with Crippen LogP contribution in [0.3, 0.4) is 0 Å². The van der Waals surface area contributed by atoms with Crippen LogP contribution < -0.4 is 14.9 Å². The van der Waals surface area contributed by atoms with Crippen molar-refractivity contribution in [2.24, 2.45) is 0 Å². The van der Waals surface area contributed by atoms with Crippen LogP contribution in [-0.2, 0) is 23.9 Å². The van der Waals surface area contributed by atoms with Gasteiger partial charge in [-0.05, 0) is 66.8 Å². The number of nitrogens with one attached hydrogen (secondary N) is 2. The van der Waals surface area contributed by atoms with E-state index in [4.69, 9.17) is 4.52 Å². The normalized spacial score (nSPS) is 17.6. The average molecular weight is 575 g/mol. The van der Waals surface area contributed by atoms with Crippen molar-refractivity contribution in [3.8, 4) is 0 Å². The minimum absolute atomic E-state index is 0.0540. The molecule has 2 atom stereocenters. The van der Waals surface area contributed by atoms with E-state index >= 15 is 0 Å². The number of fused-ring (bicyclic) bond motifs is 1. The van der Waals surface area contributed by atoms with Crippen LogP contribution in [0.5, 0.6) is 0 Å². The summed E-state index contributed by atoms with van der Waals surface area (Å²) in [5.41, 5.74) is 3.77. The molecule has 2 aromatic rings. The van der Waals surface area contributed by atoms with Gasteiger partial charge in [0.05, 0.1) is 18.6 Å². The summed E-state index contributed by atoms with van der Waals surface area (Å²) in [4.78, 5) is 22.5. The van der Waals surface area contributed by atoms with Crippen LogP contribution in [0.25, 0.3) is 6.08 Å². The lowest BCUT2D eigenvalue weighted by molar-refractivity contribution is -0.127. The van der Waals surface area contributed by atoms with Gasteiger partial charge in [0.2, 0.25) is 10.0 Å². The molecule has 1 aliphatic heterocycles. The van der Waals surface area contributed by atoms with Gasteiger partial charge in [0.25, 0.3) is 5.91 Å². The second-order valence-corrected chi connectivity index (χ2v) is 13.2. The number of aromatic nitrogens is 1. The zero-order chi connectivity index (χ0) is 28.2. The third-order valence-corrected chi connectivity index (χ3v) is 8.45. The van der Waals surface area contributed by atoms with Crippen molar-refractivity contribution in [2.75, 3.05) is 60.1 Å². The minimum Gasteiger partial charge on any atom is -0.380 e. The zero-order valence-electron chi connectivity index (χ0n) is 22.9. The Bertz CT molecular complexity index is 1360. The number of anilines is 3. The second-order valence-electron chi connectivity index (χ2n) is 10.1. The lowest BCUT2D eigenvalue weighted by Crippen LogP contribution is -2.49. The topological polar surface area (TPSA) is 121 Å². The average Bonchev–Trinajstić information content (AvgIpc) is 3.24. The maximum absolute atomic E-state index is 13.8. The molecule has 1 amide bonds. The van der Waals surface area contributed by atoms with Crippen molar-refractivity contribution < 1.29 is 22.3 Å². The number of benzene rings is 1. The molecule has 12 heteroatoms. The van der Waals surface area contributed by atoms with Crippen molar-refractivity contribution in [1.29, 1.82) is 0 Å². The van der Waals surface area contributed by atoms with Crippen molar-refractivity contribution in [1.82, 2.24) is 9.88 Å². The Morgan fingerprint density at radius 3 is 2.62 bits per heavy atom. The molecule has 1 fully saturated rings. The molecule has 0 radical (unpaired) electrons. The quantitative estimate of drug-likeness (QED) is 0.382. The van der Waals surface area contributed by atoms with Crippen LogP contribution in [0.2, 0.25) is 0 Å². The summed E-state index contributed by atoms with van der Waals surface area (Å²) < 4.78 is 43.5. The molecule has 2 aliphatic rings. The number of nitrogens with zero attached hydrogens (tertiary/aromatic N) is 3. The van der Waals surface area contributed by atoms with Crippen molar-refractivity contribution >= 4 is 47.2 Å². The first-order valence-corrected chi connectivity index (χ1v) is 16.5. The first-order valence-electron chi connectivity index (χ1n) is 13.2. The standard InChI is InChI=1S/C27H37N5O5PS/c1-5-37-38(34)16-10-23-22-9-8-21(30-39(4,35)36)17-20(22)18-24(23)27(33)32-14-12-31(13-15-32)26-25(29-19(2)3)7-6-11-28-26/h6-9,11,17-19,23,29-30H,5,10,12-16H2,1-4H3/q+1. The van der Waals surface area contributed by atoms with E-state index in [2.05, 4.69) is 33.8 Å². The molecule has 0 spiro atoms. The first-order chi connectivity index (χ1) is 18.6. The zero-order valence-corrected chi connectivity index (χ0v) is 24.6. The highest BCUT2D eigenvalue weighted by molar-refractivity contribution is 7.92. The van der Waals surface area contributed by atoms with Crippen LogP contribution in [0, 0.1) is 0 Å².